The molecule has 1 aromatic carbocycles. The van der Waals surface area contributed by atoms with E-state index in [-0.39, 0.29) is 24.9 Å². The van der Waals surface area contributed by atoms with Gasteiger partial charge in [-0.2, -0.15) is 0 Å². The maximum absolute atomic E-state index is 13.6. The van der Waals surface area contributed by atoms with Crippen LogP contribution in [0.3, 0.4) is 0 Å². The van der Waals surface area contributed by atoms with E-state index in [1.54, 1.807) is 6.92 Å². The lowest BCUT2D eigenvalue weighted by atomic mass is 9.69. The molecule has 2 aliphatic rings. The van der Waals surface area contributed by atoms with Crippen LogP contribution in [0.4, 0.5) is 0 Å². The number of nitrogens with one attached hydrogen (secondary N) is 1. The number of carbonyl (C=O) groups excluding carboxylic acids is 3. The average molecular weight is 427 g/mol. The molecule has 1 aliphatic heterocycles. The minimum absolute atomic E-state index is 0.106. The van der Waals surface area contributed by atoms with Crippen LogP contribution in [0.25, 0.3) is 0 Å². The number of aryl methyl sites for hydroxylation is 1. The lowest BCUT2D eigenvalue weighted by Crippen LogP contribution is -2.43. The Morgan fingerprint density at radius 2 is 1.77 bits per heavy atom. The number of ketones is 1. The number of Topliss-reactive ketones (excluding diaryl/α,β-unsaturated/α-hetero) is 1. The molecule has 0 aromatic heterocycles. The van der Waals surface area contributed by atoms with Crippen molar-refractivity contribution < 1.29 is 28.6 Å². The van der Waals surface area contributed by atoms with Crippen molar-refractivity contribution in [2.24, 2.45) is 11.8 Å². The number of methoxy groups -OCH3 is 2. The monoisotopic (exact) mass is 427 g/mol. The number of hydrogen-bond donors (Lipinski definition) is 1. The minimum Gasteiger partial charge on any atom is -0.468 e. The summed E-state index contributed by atoms with van der Waals surface area (Å²) in [7, 11) is 2.81. The molecule has 3 rings (SSSR count). The number of hydrogen-bond acceptors (Lipinski definition) is 7. The second-order valence-corrected chi connectivity index (χ2v) is 8.07. The molecule has 1 aromatic rings. The highest BCUT2D eigenvalue weighted by atomic mass is 16.6. The SMILES string of the molecule is COCCOC(=O)C1=C(C)NC2=C(C(=O)[C@@H](C(=O)OC)[C@@H](C)C2)[C@@H]1c1ccc(C)cc1. The Bertz CT molecular complexity index is 943. The summed E-state index contributed by atoms with van der Waals surface area (Å²) >= 11 is 0. The zero-order valence-electron chi connectivity index (χ0n) is 18.6. The van der Waals surface area contributed by atoms with Gasteiger partial charge in [0.2, 0.25) is 0 Å². The van der Waals surface area contributed by atoms with Crippen molar-refractivity contribution in [2.45, 2.75) is 33.1 Å². The van der Waals surface area contributed by atoms with Crippen molar-refractivity contribution in [1.29, 1.82) is 0 Å². The fraction of sp³-hybridized carbons (Fsp3) is 0.458. The van der Waals surface area contributed by atoms with Gasteiger partial charge in [-0.05, 0) is 31.7 Å². The molecule has 0 radical (unpaired) electrons. The first-order valence-corrected chi connectivity index (χ1v) is 10.4. The predicted molar refractivity (Wildman–Crippen MR) is 114 cm³/mol. The van der Waals surface area contributed by atoms with Crippen molar-refractivity contribution in [3.63, 3.8) is 0 Å². The largest absolute Gasteiger partial charge is 0.468 e. The number of esters is 2. The van der Waals surface area contributed by atoms with Gasteiger partial charge >= 0.3 is 11.9 Å². The van der Waals surface area contributed by atoms with Gasteiger partial charge in [0.25, 0.3) is 0 Å². The van der Waals surface area contributed by atoms with Crippen molar-refractivity contribution >= 4 is 17.7 Å². The first kappa shape index (κ1) is 22.7. The molecule has 7 heteroatoms. The van der Waals surface area contributed by atoms with Crippen molar-refractivity contribution in [1.82, 2.24) is 5.32 Å². The Hall–Kier alpha value is -2.93. The summed E-state index contributed by atoms with van der Waals surface area (Å²) in [4.78, 5) is 39.0. The number of rotatable bonds is 6. The van der Waals surface area contributed by atoms with Gasteiger partial charge in [-0.3, -0.25) is 9.59 Å². The molecule has 31 heavy (non-hydrogen) atoms. The fourth-order valence-electron chi connectivity index (χ4n) is 4.34. The summed E-state index contributed by atoms with van der Waals surface area (Å²) in [6.07, 6.45) is 0.506. The Kier molecular flexibility index (Phi) is 6.95. The Morgan fingerprint density at radius 1 is 1.10 bits per heavy atom. The average Bonchev–Trinajstić information content (AvgIpc) is 2.73. The van der Waals surface area contributed by atoms with Gasteiger partial charge in [-0.1, -0.05) is 36.8 Å². The molecular formula is C24H29NO6. The van der Waals surface area contributed by atoms with Gasteiger partial charge in [0.15, 0.2) is 5.78 Å². The maximum atomic E-state index is 13.6. The second kappa shape index (κ2) is 9.47. The Morgan fingerprint density at radius 3 is 2.39 bits per heavy atom. The number of benzene rings is 1. The third kappa shape index (κ3) is 4.42. The lowest BCUT2D eigenvalue weighted by Gasteiger charge is -2.38. The summed E-state index contributed by atoms with van der Waals surface area (Å²) in [5.74, 6) is -3.12. The van der Waals surface area contributed by atoms with E-state index < -0.39 is 23.8 Å². The highest BCUT2D eigenvalue weighted by molar-refractivity contribution is 6.12. The van der Waals surface area contributed by atoms with Crippen LogP contribution in [0.2, 0.25) is 0 Å². The van der Waals surface area contributed by atoms with E-state index in [1.807, 2.05) is 38.1 Å². The van der Waals surface area contributed by atoms with Crippen LogP contribution in [-0.4, -0.2) is 45.2 Å². The first-order valence-electron chi connectivity index (χ1n) is 10.4. The fourth-order valence-corrected chi connectivity index (χ4v) is 4.34. The van der Waals surface area contributed by atoms with E-state index in [0.29, 0.717) is 23.3 Å². The molecule has 1 heterocycles. The standard InChI is InChI=1S/C24H29NO6/c1-13-6-8-16(9-7-13)20-19(24(28)31-11-10-29-4)15(3)25-17-12-14(2)18(23(27)30-5)22(26)21(17)20/h6-9,14,18,20,25H,10-12H2,1-5H3/t14-,18-,20+/m0/s1. The second-order valence-electron chi connectivity index (χ2n) is 8.07. The molecule has 0 saturated carbocycles. The van der Waals surface area contributed by atoms with Gasteiger partial charge in [0.05, 0.1) is 19.3 Å². The van der Waals surface area contributed by atoms with Crippen LogP contribution in [-0.2, 0) is 28.6 Å². The zero-order chi connectivity index (χ0) is 22.7. The molecule has 0 amide bonds. The van der Waals surface area contributed by atoms with E-state index in [4.69, 9.17) is 14.2 Å². The van der Waals surface area contributed by atoms with Crippen LogP contribution in [0, 0.1) is 18.8 Å². The third-order valence-electron chi connectivity index (χ3n) is 5.89. The predicted octanol–water partition coefficient (Wildman–Crippen LogP) is 2.80. The molecule has 0 saturated heterocycles. The minimum atomic E-state index is -0.900. The van der Waals surface area contributed by atoms with Gasteiger partial charge in [0, 0.05) is 30.0 Å². The van der Waals surface area contributed by atoms with Gasteiger partial charge < -0.3 is 19.5 Å². The first-order chi connectivity index (χ1) is 14.8. The van der Waals surface area contributed by atoms with Crippen LogP contribution < -0.4 is 5.32 Å². The number of allylic oxidation sites excluding steroid dienone is 3. The zero-order valence-corrected chi connectivity index (χ0v) is 18.6. The normalized spacial score (nSPS) is 23.3. The molecule has 0 unspecified atom stereocenters. The lowest BCUT2D eigenvalue weighted by molar-refractivity contribution is -0.151. The van der Waals surface area contributed by atoms with Gasteiger partial charge in [0.1, 0.15) is 12.5 Å². The Labute approximate surface area is 182 Å². The molecule has 3 atom stereocenters. The number of dihydropyridines is 1. The third-order valence-corrected chi connectivity index (χ3v) is 5.89. The molecule has 7 nitrogen and oxygen atoms in total. The van der Waals surface area contributed by atoms with Gasteiger partial charge in [-0.15, -0.1) is 0 Å². The summed E-state index contributed by atoms with van der Waals surface area (Å²) < 4.78 is 15.3. The van der Waals surface area contributed by atoms with Crippen LogP contribution >= 0.6 is 0 Å². The molecular weight excluding hydrogens is 398 g/mol. The molecule has 0 fully saturated rings. The number of carbonyl (C=O) groups is 3. The van der Waals surface area contributed by atoms with E-state index in [9.17, 15) is 14.4 Å². The van der Waals surface area contributed by atoms with Crippen LogP contribution in [0.15, 0.2) is 46.8 Å². The molecule has 0 bridgehead atoms. The van der Waals surface area contributed by atoms with E-state index in [2.05, 4.69) is 5.32 Å². The summed E-state index contributed by atoms with van der Waals surface area (Å²) in [5, 5.41) is 3.24. The van der Waals surface area contributed by atoms with Crippen molar-refractivity contribution in [3.05, 3.63) is 57.9 Å². The maximum Gasteiger partial charge on any atom is 0.336 e. The molecule has 166 valence electrons. The molecule has 1 aliphatic carbocycles. The number of ether oxygens (including phenoxy) is 3. The van der Waals surface area contributed by atoms with Gasteiger partial charge in [-0.25, -0.2) is 4.79 Å². The van der Waals surface area contributed by atoms with E-state index in [1.165, 1.54) is 14.2 Å². The molecule has 1 N–H and O–H groups in total. The van der Waals surface area contributed by atoms with Crippen LogP contribution in [0.5, 0.6) is 0 Å². The highest BCUT2D eigenvalue weighted by Crippen LogP contribution is 2.45. The summed E-state index contributed by atoms with van der Waals surface area (Å²) in [5.41, 5.74) is 4.04. The molecule has 0 spiro atoms. The van der Waals surface area contributed by atoms with E-state index in [0.717, 1.165) is 16.8 Å². The van der Waals surface area contributed by atoms with Crippen molar-refractivity contribution in [2.75, 3.05) is 27.4 Å². The van der Waals surface area contributed by atoms with Crippen molar-refractivity contribution in [3.8, 4) is 0 Å². The summed E-state index contributed by atoms with van der Waals surface area (Å²) in [6.45, 7) is 6.02. The quantitative estimate of drug-likeness (QED) is 0.424. The topological polar surface area (TPSA) is 90.9 Å². The summed E-state index contributed by atoms with van der Waals surface area (Å²) in [6, 6.07) is 7.69. The van der Waals surface area contributed by atoms with Crippen LogP contribution in [0.1, 0.15) is 37.3 Å². The smallest absolute Gasteiger partial charge is 0.336 e. The highest BCUT2D eigenvalue weighted by Gasteiger charge is 2.47. The Balaban J connectivity index is 2.11. The van der Waals surface area contributed by atoms with E-state index >= 15 is 0 Å².